The molecule has 5 nitrogen and oxygen atoms in total. The molecule has 0 bridgehead atoms. The van der Waals surface area contributed by atoms with Crippen LogP contribution in [0.25, 0.3) is 0 Å². The Morgan fingerprint density at radius 1 is 1.03 bits per heavy atom. The van der Waals surface area contributed by atoms with E-state index in [4.69, 9.17) is 4.42 Å². The van der Waals surface area contributed by atoms with Crippen molar-refractivity contribution in [3.8, 4) is 0 Å². The Kier molecular flexibility index (Phi) is 7.78. The lowest BCUT2D eigenvalue weighted by molar-refractivity contribution is -0.126. The third-order valence-corrected chi connectivity index (χ3v) is 6.57. The Balaban J connectivity index is 1.67. The van der Waals surface area contributed by atoms with Crippen LogP contribution >= 0.6 is 0 Å². The molecule has 0 saturated heterocycles. The second-order valence-corrected chi connectivity index (χ2v) is 8.95. The van der Waals surface area contributed by atoms with E-state index >= 15 is 0 Å². The van der Waals surface area contributed by atoms with Crippen molar-refractivity contribution in [3.63, 3.8) is 0 Å². The minimum atomic E-state index is -0.899. The number of hydrogen-bond acceptors (Lipinski definition) is 3. The molecule has 1 heterocycles. The molecule has 1 aromatic heterocycles. The van der Waals surface area contributed by atoms with Crippen molar-refractivity contribution in [2.75, 3.05) is 6.54 Å². The van der Waals surface area contributed by atoms with Gasteiger partial charge in [-0.25, -0.2) is 4.39 Å². The summed E-state index contributed by atoms with van der Waals surface area (Å²) in [5, 5.41) is 3.17. The van der Waals surface area contributed by atoms with E-state index in [1.54, 1.807) is 29.2 Å². The Bertz CT molecular complexity index is 1090. The molecular formula is C28H31FN2O3. The van der Waals surface area contributed by atoms with Crippen LogP contribution in [0.4, 0.5) is 4.39 Å². The highest BCUT2D eigenvalue weighted by Gasteiger charge is 2.34. The van der Waals surface area contributed by atoms with Gasteiger partial charge in [-0.15, -0.1) is 0 Å². The van der Waals surface area contributed by atoms with Crippen molar-refractivity contribution < 1.29 is 18.4 Å². The minimum absolute atomic E-state index is 0.0844. The second kappa shape index (κ2) is 11.1. The topological polar surface area (TPSA) is 62.6 Å². The fourth-order valence-corrected chi connectivity index (χ4v) is 4.67. The lowest BCUT2D eigenvalue weighted by atomic mass is 9.94. The van der Waals surface area contributed by atoms with Crippen LogP contribution in [-0.4, -0.2) is 29.3 Å². The zero-order valence-corrected chi connectivity index (χ0v) is 19.5. The number of amides is 2. The number of aryl methyl sites for hydroxylation is 1. The van der Waals surface area contributed by atoms with Crippen LogP contribution in [0.15, 0.2) is 71.3 Å². The molecule has 6 heteroatoms. The summed E-state index contributed by atoms with van der Waals surface area (Å²) in [6.07, 6.45) is 7.21. The smallest absolute Gasteiger partial charge is 0.290 e. The standard InChI is InChI=1S/C28H31FN2O3/c1-20-8-5-6-9-21(20)17-18-31(28(33)25-12-7-19-34-25)26(22-13-15-23(29)16-14-22)27(32)30-24-10-3-2-4-11-24/h5-9,12-16,19,24,26H,2-4,10-11,17-18H2,1H3,(H,30,32). The Labute approximate surface area is 200 Å². The van der Waals surface area contributed by atoms with Gasteiger partial charge >= 0.3 is 0 Å². The molecule has 178 valence electrons. The highest BCUT2D eigenvalue weighted by atomic mass is 19.1. The molecule has 1 atom stereocenters. The van der Waals surface area contributed by atoms with Gasteiger partial charge in [0.05, 0.1) is 6.26 Å². The molecular weight excluding hydrogens is 431 g/mol. The zero-order valence-electron chi connectivity index (χ0n) is 19.5. The molecule has 3 aromatic rings. The van der Waals surface area contributed by atoms with Gasteiger partial charge in [0.2, 0.25) is 5.91 Å². The van der Waals surface area contributed by atoms with Crippen LogP contribution in [-0.2, 0) is 11.2 Å². The summed E-state index contributed by atoms with van der Waals surface area (Å²) in [6, 6.07) is 16.3. The quantitative estimate of drug-likeness (QED) is 0.474. The summed E-state index contributed by atoms with van der Waals surface area (Å²) in [6.45, 7) is 2.34. The van der Waals surface area contributed by atoms with Crippen LogP contribution in [0.1, 0.15) is 65.4 Å². The third kappa shape index (κ3) is 5.74. The van der Waals surface area contributed by atoms with Crippen LogP contribution < -0.4 is 5.32 Å². The van der Waals surface area contributed by atoms with E-state index < -0.39 is 6.04 Å². The number of nitrogens with zero attached hydrogens (tertiary/aromatic N) is 1. The maximum atomic E-state index is 13.7. The van der Waals surface area contributed by atoms with Crippen molar-refractivity contribution in [1.82, 2.24) is 10.2 Å². The summed E-state index contributed by atoms with van der Waals surface area (Å²) in [5.41, 5.74) is 2.79. The van der Waals surface area contributed by atoms with Gasteiger partial charge in [-0.1, -0.05) is 55.7 Å². The zero-order chi connectivity index (χ0) is 23.9. The van der Waals surface area contributed by atoms with Crippen LogP contribution in [0.2, 0.25) is 0 Å². The van der Waals surface area contributed by atoms with E-state index in [0.717, 1.165) is 36.8 Å². The first-order valence-electron chi connectivity index (χ1n) is 12.0. The molecule has 4 rings (SSSR count). The van der Waals surface area contributed by atoms with Crippen molar-refractivity contribution in [1.29, 1.82) is 0 Å². The van der Waals surface area contributed by atoms with Gasteiger partial charge in [0.25, 0.3) is 5.91 Å². The number of carbonyl (C=O) groups is 2. The van der Waals surface area contributed by atoms with Crippen LogP contribution in [0.5, 0.6) is 0 Å². The van der Waals surface area contributed by atoms with Crippen molar-refractivity contribution in [2.24, 2.45) is 0 Å². The first-order valence-corrected chi connectivity index (χ1v) is 12.0. The Morgan fingerprint density at radius 3 is 2.44 bits per heavy atom. The molecule has 0 radical (unpaired) electrons. The third-order valence-electron chi connectivity index (χ3n) is 6.57. The molecule has 1 unspecified atom stereocenters. The van der Waals surface area contributed by atoms with Crippen molar-refractivity contribution in [2.45, 2.75) is 57.5 Å². The van der Waals surface area contributed by atoms with E-state index in [1.165, 1.54) is 24.8 Å². The van der Waals surface area contributed by atoms with E-state index in [9.17, 15) is 14.0 Å². The van der Waals surface area contributed by atoms with Gasteiger partial charge < -0.3 is 14.6 Å². The number of carbonyl (C=O) groups excluding carboxylic acids is 2. The Morgan fingerprint density at radius 2 is 1.76 bits per heavy atom. The summed E-state index contributed by atoms with van der Waals surface area (Å²) in [4.78, 5) is 28.8. The molecule has 1 aliphatic rings. The first kappa shape index (κ1) is 23.7. The molecule has 0 aliphatic heterocycles. The van der Waals surface area contributed by atoms with Gasteiger partial charge in [0, 0.05) is 12.6 Å². The molecule has 0 spiro atoms. The highest BCUT2D eigenvalue weighted by molar-refractivity contribution is 5.96. The first-order chi connectivity index (χ1) is 16.5. The van der Waals surface area contributed by atoms with Gasteiger partial charge in [-0.3, -0.25) is 9.59 Å². The number of furan rings is 1. The maximum absolute atomic E-state index is 13.7. The Hall–Kier alpha value is -3.41. The molecule has 1 N–H and O–H groups in total. The maximum Gasteiger partial charge on any atom is 0.290 e. The van der Waals surface area contributed by atoms with E-state index in [2.05, 4.69) is 5.32 Å². The van der Waals surface area contributed by atoms with E-state index in [0.29, 0.717) is 18.5 Å². The van der Waals surface area contributed by atoms with E-state index in [-0.39, 0.29) is 29.4 Å². The van der Waals surface area contributed by atoms with Gasteiger partial charge in [0.15, 0.2) is 5.76 Å². The average molecular weight is 463 g/mol. The fraction of sp³-hybridized carbons (Fsp3) is 0.357. The molecule has 2 amide bonds. The van der Waals surface area contributed by atoms with E-state index in [1.807, 2.05) is 31.2 Å². The molecule has 34 heavy (non-hydrogen) atoms. The van der Waals surface area contributed by atoms with Gasteiger partial charge in [-0.2, -0.15) is 0 Å². The lowest BCUT2D eigenvalue weighted by Crippen LogP contribution is -2.47. The molecule has 1 aliphatic carbocycles. The molecule has 1 saturated carbocycles. The van der Waals surface area contributed by atoms with Crippen LogP contribution in [0, 0.1) is 12.7 Å². The number of nitrogens with one attached hydrogen (secondary N) is 1. The predicted molar refractivity (Wildman–Crippen MR) is 129 cm³/mol. The van der Waals surface area contributed by atoms with Crippen LogP contribution in [0.3, 0.4) is 0 Å². The average Bonchev–Trinajstić information content (AvgIpc) is 3.39. The molecule has 2 aromatic carbocycles. The number of benzene rings is 2. The summed E-state index contributed by atoms with van der Waals surface area (Å²) in [5.74, 6) is -0.837. The monoisotopic (exact) mass is 462 g/mol. The second-order valence-electron chi connectivity index (χ2n) is 8.95. The summed E-state index contributed by atoms with van der Waals surface area (Å²) >= 11 is 0. The number of rotatable bonds is 8. The minimum Gasteiger partial charge on any atom is -0.459 e. The number of halogens is 1. The number of hydrogen-bond donors (Lipinski definition) is 1. The van der Waals surface area contributed by atoms with Gasteiger partial charge in [0.1, 0.15) is 11.9 Å². The van der Waals surface area contributed by atoms with Crippen molar-refractivity contribution in [3.05, 3.63) is 95.2 Å². The molecule has 1 fully saturated rings. The lowest BCUT2D eigenvalue weighted by Gasteiger charge is -2.33. The van der Waals surface area contributed by atoms with Crippen molar-refractivity contribution >= 4 is 11.8 Å². The predicted octanol–water partition coefficient (Wildman–Crippen LogP) is 5.60. The summed E-state index contributed by atoms with van der Waals surface area (Å²) in [7, 11) is 0. The fourth-order valence-electron chi connectivity index (χ4n) is 4.67. The summed E-state index contributed by atoms with van der Waals surface area (Å²) < 4.78 is 19.1. The largest absolute Gasteiger partial charge is 0.459 e. The normalized spacial score (nSPS) is 15.0. The van der Waals surface area contributed by atoms with Gasteiger partial charge in [-0.05, 0) is 67.1 Å². The highest BCUT2D eigenvalue weighted by Crippen LogP contribution is 2.27. The SMILES string of the molecule is Cc1ccccc1CCN(C(=O)c1ccco1)C(C(=O)NC1CCCCC1)c1ccc(F)cc1.